The van der Waals surface area contributed by atoms with E-state index in [1.165, 1.54) is 0 Å². The Kier molecular flexibility index (Phi) is 9.15. The molecule has 6 heteroatoms. The molecule has 10 heavy (non-hydrogen) atoms. The maximum absolute atomic E-state index is 11.5. The Labute approximate surface area is 106 Å². The van der Waals surface area contributed by atoms with E-state index in [0.717, 1.165) is 11.8 Å². The third kappa shape index (κ3) is 12.5. The minimum Gasteiger partial charge on any atom is -0.448 e. The van der Waals surface area contributed by atoms with Gasteiger partial charge in [-0.2, -0.15) is 11.8 Å². The van der Waals surface area contributed by atoms with Crippen LogP contribution in [0.3, 0.4) is 0 Å². The van der Waals surface area contributed by atoms with Crippen molar-refractivity contribution < 1.29 is 64.3 Å². The number of hydrogen-bond donors (Lipinski definition) is 0. The van der Waals surface area contributed by atoms with Crippen LogP contribution in [-0.2, 0) is 0 Å². The van der Waals surface area contributed by atoms with Crippen LogP contribution in [0.25, 0.3) is 0 Å². The molecule has 0 aliphatic rings. The summed E-state index contributed by atoms with van der Waals surface area (Å²) >= 11 is 0.941. The van der Waals surface area contributed by atoms with Crippen molar-refractivity contribution in [2.45, 2.75) is 19.1 Å². The third-order valence-electron chi connectivity index (χ3n) is 0.619. The first-order valence-electron chi connectivity index (χ1n) is 2.74. The molecule has 0 N–H and O–H groups in total. The van der Waals surface area contributed by atoms with E-state index in [1.54, 1.807) is 13.8 Å². The van der Waals surface area contributed by atoms with Gasteiger partial charge in [0.2, 0.25) is 0 Å². The van der Waals surface area contributed by atoms with Crippen molar-refractivity contribution in [3.63, 3.8) is 0 Å². The predicted molar refractivity (Wildman–Crippen MR) is 36.7 cm³/mol. The molecule has 0 spiro atoms. The average Bonchev–Trinajstić information content (AvgIpc) is 1.59. The summed E-state index contributed by atoms with van der Waals surface area (Å²) in [7, 11) is 0. The molecule has 0 bridgehead atoms. The largest absolute Gasteiger partial charge is 1.00 e. The average molecular weight is 196 g/mol. The van der Waals surface area contributed by atoms with E-state index < -0.39 is 12.6 Å². The fourth-order valence-electron chi connectivity index (χ4n) is 0.302. The van der Waals surface area contributed by atoms with Gasteiger partial charge in [-0.25, -0.2) is 0 Å². The van der Waals surface area contributed by atoms with Crippen LogP contribution in [0.5, 0.6) is 0 Å². The smallest absolute Gasteiger partial charge is 0.448 e. The summed E-state index contributed by atoms with van der Waals surface area (Å²) in [6, 6.07) is 0. The van der Waals surface area contributed by atoms with Crippen LogP contribution in [0.1, 0.15) is 13.8 Å². The summed E-state index contributed by atoms with van der Waals surface area (Å²) in [6.07, 6.45) is 0. The van der Waals surface area contributed by atoms with E-state index in [1.807, 2.05) is 0 Å². The standard InChI is InChI=1S/C4H9BF3S.K/c1-4(2)9-3-5(6,7)8;/h4H,3H2,1-2H3;/q-1;+1. The molecule has 0 aromatic heterocycles. The fraction of sp³-hybridized carbons (Fsp3) is 1.00. The third-order valence-corrected chi connectivity index (χ3v) is 1.86. The molecule has 0 aromatic rings. The van der Waals surface area contributed by atoms with E-state index in [0.29, 0.717) is 0 Å². The molecular formula is C4H9BF3KS. The van der Waals surface area contributed by atoms with Crippen molar-refractivity contribution in [3.05, 3.63) is 0 Å². The summed E-state index contributed by atoms with van der Waals surface area (Å²) < 4.78 is 34.4. The zero-order chi connectivity index (χ0) is 7.49. The molecule has 0 atom stereocenters. The molecule has 0 aromatic carbocycles. The molecule has 0 aliphatic carbocycles. The first kappa shape index (κ1) is 14.4. The van der Waals surface area contributed by atoms with E-state index in [2.05, 4.69) is 0 Å². The first-order chi connectivity index (χ1) is 3.92. The minimum absolute atomic E-state index is 0. The van der Waals surface area contributed by atoms with Crippen molar-refractivity contribution in [2.24, 2.45) is 0 Å². The van der Waals surface area contributed by atoms with Gasteiger partial charge >= 0.3 is 58.4 Å². The Balaban J connectivity index is 0. The zero-order valence-electron chi connectivity index (χ0n) is 6.40. The molecule has 0 nitrogen and oxygen atoms in total. The van der Waals surface area contributed by atoms with Gasteiger partial charge in [0, 0.05) is 0 Å². The topological polar surface area (TPSA) is 0 Å². The normalized spacial score (nSPS) is 11.4. The van der Waals surface area contributed by atoms with Crippen LogP contribution in [0.4, 0.5) is 12.9 Å². The number of thioether (sulfide) groups is 1. The van der Waals surface area contributed by atoms with Gasteiger partial charge < -0.3 is 12.9 Å². The maximum atomic E-state index is 11.5. The maximum Gasteiger partial charge on any atom is 1.00 e. The molecule has 0 saturated carbocycles. The quantitative estimate of drug-likeness (QED) is 0.549. The molecule has 0 saturated heterocycles. The number of hydrogen-bond acceptors (Lipinski definition) is 1. The Morgan fingerprint density at radius 3 is 1.80 bits per heavy atom. The SMILES string of the molecule is CC(C)SC[B-](F)(F)F.[K+]. The van der Waals surface area contributed by atoms with E-state index in [9.17, 15) is 12.9 Å². The molecule has 0 aliphatic heterocycles. The van der Waals surface area contributed by atoms with E-state index in [4.69, 9.17) is 0 Å². The zero-order valence-corrected chi connectivity index (χ0v) is 10.3. The van der Waals surface area contributed by atoms with Gasteiger partial charge in [0.1, 0.15) is 0 Å². The fourth-order valence-corrected chi connectivity index (χ4v) is 0.905. The number of halogens is 3. The van der Waals surface area contributed by atoms with Gasteiger partial charge in [-0.1, -0.05) is 13.8 Å². The van der Waals surface area contributed by atoms with E-state index in [-0.39, 0.29) is 56.6 Å². The van der Waals surface area contributed by atoms with Crippen LogP contribution in [0, 0.1) is 0 Å². The Morgan fingerprint density at radius 2 is 1.70 bits per heavy atom. The molecule has 0 amide bonds. The van der Waals surface area contributed by atoms with Gasteiger partial charge in [0.25, 0.3) is 0 Å². The summed E-state index contributed by atoms with van der Waals surface area (Å²) in [4.78, 5) is 0. The summed E-state index contributed by atoms with van der Waals surface area (Å²) in [5, 5.41) is 0.0773. The predicted octanol–water partition coefficient (Wildman–Crippen LogP) is -0.481. The second-order valence-electron chi connectivity index (χ2n) is 2.09. The molecule has 0 fully saturated rings. The minimum atomic E-state index is -4.57. The van der Waals surface area contributed by atoms with Crippen LogP contribution < -0.4 is 51.4 Å². The molecule has 0 rings (SSSR count). The first-order valence-corrected chi connectivity index (χ1v) is 3.79. The Bertz CT molecular complexity index is 85.1. The van der Waals surface area contributed by atoms with Gasteiger partial charge in [0.05, 0.1) is 0 Å². The van der Waals surface area contributed by atoms with Crippen molar-refractivity contribution in [2.75, 3.05) is 5.65 Å². The second-order valence-corrected chi connectivity index (χ2v) is 3.70. The summed E-state index contributed by atoms with van der Waals surface area (Å²) in [6.45, 7) is -1.06. The second kappa shape index (κ2) is 6.37. The van der Waals surface area contributed by atoms with Gasteiger partial charge in [-0.05, 0) is 10.9 Å². The van der Waals surface area contributed by atoms with Crippen LogP contribution in [-0.4, -0.2) is 17.9 Å². The van der Waals surface area contributed by atoms with E-state index >= 15 is 0 Å². The van der Waals surface area contributed by atoms with Gasteiger partial charge in [0.15, 0.2) is 0 Å². The number of rotatable bonds is 3. The van der Waals surface area contributed by atoms with Crippen LogP contribution in [0.15, 0.2) is 0 Å². The van der Waals surface area contributed by atoms with Gasteiger partial charge in [-0.3, -0.25) is 0 Å². The van der Waals surface area contributed by atoms with Crippen molar-refractivity contribution in [1.29, 1.82) is 0 Å². The molecule has 0 unspecified atom stereocenters. The molecule has 0 radical (unpaired) electrons. The van der Waals surface area contributed by atoms with Crippen LogP contribution >= 0.6 is 11.8 Å². The molecule has 0 heterocycles. The Morgan fingerprint density at radius 1 is 1.30 bits per heavy atom. The van der Waals surface area contributed by atoms with Crippen LogP contribution in [0.2, 0.25) is 0 Å². The summed E-state index contributed by atoms with van der Waals surface area (Å²) in [5.74, 6) is 0. The van der Waals surface area contributed by atoms with Crippen molar-refractivity contribution in [1.82, 2.24) is 0 Å². The van der Waals surface area contributed by atoms with Crippen molar-refractivity contribution in [3.8, 4) is 0 Å². The van der Waals surface area contributed by atoms with Crippen molar-refractivity contribution >= 4 is 18.7 Å². The molecule has 56 valence electrons. The monoisotopic (exact) mass is 196 g/mol. The molecular weight excluding hydrogens is 187 g/mol. The summed E-state index contributed by atoms with van der Waals surface area (Å²) in [5.41, 5.74) is -0.669. The Hall–Kier alpha value is 1.84. The van der Waals surface area contributed by atoms with Gasteiger partial charge in [-0.15, -0.1) is 0 Å².